The van der Waals surface area contributed by atoms with Crippen molar-refractivity contribution >= 4 is 81.1 Å². The van der Waals surface area contributed by atoms with Crippen LogP contribution in [0.1, 0.15) is 0 Å². The Morgan fingerprint density at radius 3 is 1.96 bits per heavy atom. The molecule has 2 aromatic heterocycles. The number of benzene rings is 8. The number of rotatable bonds is 5. The number of nitrogens with zero attached hydrogens (tertiary/aromatic N) is 1. The fourth-order valence-corrected chi connectivity index (χ4v) is 8.53. The molecule has 0 unspecified atom stereocenters. The van der Waals surface area contributed by atoms with E-state index in [1.165, 1.54) is 69.5 Å². The molecule has 49 heavy (non-hydrogen) atoms. The van der Waals surface area contributed by atoms with E-state index in [-0.39, 0.29) is 0 Å². The zero-order valence-electron chi connectivity index (χ0n) is 26.6. The summed E-state index contributed by atoms with van der Waals surface area (Å²) in [5.41, 5.74) is 10.5. The number of hydrogen-bond donors (Lipinski definition) is 1. The van der Waals surface area contributed by atoms with Crippen LogP contribution in [0, 0.1) is 0 Å². The molecule has 1 N–H and O–H groups in total. The lowest BCUT2D eigenvalue weighted by atomic mass is 10.0. The molecular weight excluding hydrogens is 613 g/mol. The van der Waals surface area contributed by atoms with Crippen molar-refractivity contribution in [1.29, 1.82) is 0 Å². The summed E-state index contributed by atoms with van der Waals surface area (Å²) in [4.78, 5) is 6.17. The van der Waals surface area contributed by atoms with Crippen LogP contribution in [-0.4, -0.2) is 4.98 Å². The van der Waals surface area contributed by atoms with Gasteiger partial charge in [-0.3, -0.25) is 0 Å². The number of para-hydroxylation sites is 1. The van der Waals surface area contributed by atoms with Gasteiger partial charge in [0.15, 0.2) is 0 Å². The van der Waals surface area contributed by atoms with Crippen molar-refractivity contribution in [2.24, 2.45) is 0 Å². The monoisotopic (exact) mass is 642 g/mol. The fraction of sp³-hybridized carbons (Fsp3) is 0. The third kappa shape index (κ3) is 4.70. The molecule has 0 amide bonds. The summed E-state index contributed by atoms with van der Waals surface area (Å²) in [7, 11) is 0. The van der Waals surface area contributed by atoms with E-state index in [9.17, 15) is 0 Å². The number of aromatic nitrogens is 1. The van der Waals surface area contributed by atoms with Crippen LogP contribution < -0.4 is 4.90 Å². The van der Waals surface area contributed by atoms with Gasteiger partial charge in [-0.1, -0.05) is 121 Å². The van der Waals surface area contributed by atoms with Gasteiger partial charge in [0.1, 0.15) is 0 Å². The highest BCUT2D eigenvalue weighted by molar-refractivity contribution is 7.25. The molecule has 0 atom stereocenters. The molecule has 10 aromatic rings. The number of anilines is 3. The molecule has 10 rings (SSSR count). The first kappa shape index (κ1) is 27.9. The maximum absolute atomic E-state index is 3.80. The van der Waals surface area contributed by atoms with E-state index < -0.39 is 0 Å². The van der Waals surface area contributed by atoms with Crippen molar-refractivity contribution in [2.45, 2.75) is 0 Å². The van der Waals surface area contributed by atoms with Crippen LogP contribution in [0.5, 0.6) is 0 Å². The summed E-state index contributed by atoms with van der Waals surface area (Å²) in [5.74, 6) is 0. The van der Waals surface area contributed by atoms with E-state index >= 15 is 0 Å². The Kier molecular flexibility index (Phi) is 6.39. The average Bonchev–Trinajstić information content (AvgIpc) is 3.73. The molecule has 8 aromatic carbocycles. The van der Waals surface area contributed by atoms with E-state index in [4.69, 9.17) is 0 Å². The Balaban J connectivity index is 1.12. The second-order valence-electron chi connectivity index (χ2n) is 12.7. The molecule has 3 heteroatoms. The van der Waals surface area contributed by atoms with Crippen LogP contribution in [0.15, 0.2) is 176 Å². The summed E-state index contributed by atoms with van der Waals surface area (Å²) < 4.78 is 2.65. The van der Waals surface area contributed by atoms with E-state index in [0.717, 1.165) is 22.6 Å². The molecule has 0 saturated carbocycles. The Hall–Kier alpha value is -6.16. The standard InChI is InChI=1S/C46H30N2S/c1-2-9-30(10-3-1)32-17-21-35(22-18-32)48(36-23-19-31-11-4-5-12-33(31)27-36)37-24-26-43-42(29-37)41-15-8-14-38(46(41)47-43)34-20-25-40-39-13-6-7-16-44(39)49-45(40)28-34/h1-29,47H. The quantitative estimate of drug-likeness (QED) is 0.198. The lowest BCUT2D eigenvalue weighted by Crippen LogP contribution is -2.09. The number of nitrogens with one attached hydrogen (secondary N) is 1. The first-order valence-corrected chi connectivity index (χ1v) is 17.5. The smallest absolute Gasteiger partial charge is 0.0544 e. The number of H-pyrrole nitrogens is 1. The second kappa shape index (κ2) is 11.2. The summed E-state index contributed by atoms with van der Waals surface area (Å²) in [6.45, 7) is 0. The first-order valence-electron chi connectivity index (χ1n) is 16.7. The average molecular weight is 643 g/mol. The Morgan fingerprint density at radius 1 is 0.388 bits per heavy atom. The lowest BCUT2D eigenvalue weighted by molar-refractivity contribution is 1.29. The molecule has 2 nitrogen and oxygen atoms in total. The third-order valence-corrected chi connectivity index (χ3v) is 10.9. The topological polar surface area (TPSA) is 19.0 Å². The van der Waals surface area contributed by atoms with Crippen molar-refractivity contribution in [3.8, 4) is 22.3 Å². The van der Waals surface area contributed by atoms with Crippen molar-refractivity contribution in [3.63, 3.8) is 0 Å². The van der Waals surface area contributed by atoms with E-state index in [1.807, 2.05) is 11.3 Å². The van der Waals surface area contributed by atoms with Gasteiger partial charge in [-0.2, -0.15) is 0 Å². The van der Waals surface area contributed by atoms with Crippen molar-refractivity contribution in [2.75, 3.05) is 4.90 Å². The predicted octanol–water partition coefficient (Wildman–Crippen LogP) is 13.6. The van der Waals surface area contributed by atoms with Gasteiger partial charge in [-0.05, 0) is 82.1 Å². The van der Waals surface area contributed by atoms with Crippen LogP contribution in [0.4, 0.5) is 17.1 Å². The molecule has 2 heterocycles. The summed E-state index contributed by atoms with van der Waals surface area (Å²) >= 11 is 1.87. The Morgan fingerprint density at radius 2 is 1.06 bits per heavy atom. The molecule has 0 spiro atoms. The van der Waals surface area contributed by atoms with Crippen LogP contribution in [-0.2, 0) is 0 Å². The van der Waals surface area contributed by atoms with E-state index in [0.29, 0.717) is 0 Å². The van der Waals surface area contributed by atoms with Gasteiger partial charge < -0.3 is 9.88 Å². The molecule has 0 saturated heterocycles. The molecule has 230 valence electrons. The van der Waals surface area contributed by atoms with Gasteiger partial charge in [0.2, 0.25) is 0 Å². The SMILES string of the molecule is c1ccc(-c2ccc(N(c3ccc4ccccc4c3)c3ccc4[nH]c5c(-c6ccc7c(c6)sc6ccccc67)cccc5c4c3)cc2)cc1. The highest BCUT2D eigenvalue weighted by atomic mass is 32.1. The first-order chi connectivity index (χ1) is 24.3. The largest absolute Gasteiger partial charge is 0.354 e. The minimum atomic E-state index is 1.12. The zero-order valence-corrected chi connectivity index (χ0v) is 27.4. The normalized spacial score (nSPS) is 11.7. The molecule has 0 fully saturated rings. The van der Waals surface area contributed by atoms with Crippen LogP contribution in [0.3, 0.4) is 0 Å². The van der Waals surface area contributed by atoms with Crippen molar-refractivity contribution in [3.05, 3.63) is 176 Å². The second-order valence-corrected chi connectivity index (χ2v) is 13.8. The van der Waals surface area contributed by atoms with Crippen LogP contribution in [0.2, 0.25) is 0 Å². The molecule has 0 aliphatic heterocycles. The third-order valence-electron chi connectivity index (χ3n) is 9.79. The van der Waals surface area contributed by atoms with Crippen LogP contribution in [0.25, 0.3) is 75.0 Å². The van der Waals surface area contributed by atoms with Gasteiger partial charge in [0.25, 0.3) is 0 Å². The van der Waals surface area contributed by atoms with Gasteiger partial charge in [0, 0.05) is 59.1 Å². The highest BCUT2D eigenvalue weighted by Gasteiger charge is 2.17. The molecule has 0 radical (unpaired) electrons. The number of aromatic amines is 1. The Labute approximate surface area is 288 Å². The minimum absolute atomic E-state index is 1.12. The maximum Gasteiger partial charge on any atom is 0.0544 e. The lowest BCUT2D eigenvalue weighted by Gasteiger charge is -2.26. The van der Waals surface area contributed by atoms with Gasteiger partial charge in [0.05, 0.1) is 5.52 Å². The maximum atomic E-state index is 3.80. The summed E-state index contributed by atoms with van der Waals surface area (Å²) in [5, 5.41) is 7.55. The minimum Gasteiger partial charge on any atom is -0.354 e. The van der Waals surface area contributed by atoms with Gasteiger partial charge >= 0.3 is 0 Å². The Bertz CT molecular complexity index is 2830. The van der Waals surface area contributed by atoms with E-state index in [1.54, 1.807) is 0 Å². The molecular formula is C46H30N2S. The fourth-order valence-electron chi connectivity index (χ4n) is 7.38. The van der Waals surface area contributed by atoms with Crippen molar-refractivity contribution < 1.29 is 0 Å². The van der Waals surface area contributed by atoms with Gasteiger partial charge in [-0.25, -0.2) is 0 Å². The van der Waals surface area contributed by atoms with Crippen LogP contribution >= 0.6 is 11.3 Å². The van der Waals surface area contributed by atoms with Crippen molar-refractivity contribution in [1.82, 2.24) is 4.98 Å². The number of hydrogen-bond acceptors (Lipinski definition) is 2. The zero-order chi connectivity index (χ0) is 32.3. The molecule has 0 bridgehead atoms. The van der Waals surface area contributed by atoms with E-state index in [2.05, 4.69) is 186 Å². The highest BCUT2D eigenvalue weighted by Crippen LogP contribution is 2.42. The summed E-state index contributed by atoms with van der Waals surface area (Å²) in [6, 6.07) is 63.9. The molecule has 0 aliphatic carbocycles. The number of thiophene rings is 1. The predicted molar refractivity (Wildman–Crippen MR) is 212 cm³/mol. The van der Waals surface area contributed by atoms with Gasteiger partial charge in [-0.15, -0.1) is 11.3 Å². The molecule has 0 aliphatic rings. The summed E-state index contributed by atoms with van der Waals surface area (Å²) in [6.07, 6.45) is 0. The number of fused-ring (bicyclic) bond motifs is 7.